The summed E-state index contributed by atoms with van der Waals surface area (Å²) in [5, 5.41) is 10.0. The highest BCUT2D eigenvalue weighted by Crippen LogP contribution is 2.25. The number of halogens is 1. The average Bonchev–Trinajstić information content (AvgIpc) is 2.39. The molecule has 2 rings (SSSR count). The lowest BCUT2D eigenvalue weighted by molar-refractivity contribution is 0.214. The van der Waals surface area contributed by atoms with Gasteiger partial charge in [0.15, 0.2) is 0 Å². The van der Waals surface area contributed by atoms with E-state index in [2.05, 4.69) is 4.98 Å². The van der Waals surface area contributed by atoms with Gasteiger partial charge in [-0.15, -0.1) is 0 Å². The molecule has 0 saturated heterocycles. The zero-order chi connectivity index (χ0) is 12.3. The summed E-state index contributed by atoms with van der Waals surface area (Å²) in [7, 11) is 1.41. The zero-order valence-corrected chi connectivity index (χ0v) is 9.30. The smallest absolute Gasteiger partial charge is 0.215 e. The van der Waals surface area contributed by atoms with Crippen LogP contribution in [0.1, 0.15) is 17.2 Å². The Morgan fingerprint density at radius 2 is 2.00 bits per heavy atom. The summed E-state index contributed by atoms with van der Waals surface area (Å²) in [6.07, 6.45) is 0.265. The molecule has 0 aliphatic heterocycles. The molecule has 3 nitrogen and oxygen atoms in total. The number of methoxy groups -OCH3 is 1. The Bertz CT molecular complexity index is 502. The van der Waals surface area contributed by atoms with Crippen molar-refractivity contribution in [2.45, 2.75) is 6.10 Å². The van der Waals surface area contributed by atoms with Crippen molar-refractivity contribution in [1.29, 1.82) is 0 Å². The second kappa shape index (κ2) is 4.93. The van der Waals surface area contributed by atoms with E-state index < -0.39 is 11.9 Å². The predicted molar refractivity (Wildman–Crippen MR) is 61.3 cm³/mol. The van der Waals surface area contributed by atoms with Gasteiger partial charge in [-0.3, -0.25) is 0 Å². The molecule has 1 atom stereocenters. The van der Waals surface area contributed by atoms with E-state index in [9.17, 15) is 9.50 Å². The lowest BCUT2D eigenvalue weighted by Gasteiger charge is -2.12. The van der Waals surface area contributed by atoms with Gasteiger partial charge in [-0.25, -0.2) is 9.37 Å². The fraction of sp³-hybridized carbons (Fsp3) is 0.154. The topological polar surface area (TPSA) is 42.4 Å². The number of ether oxygens (including phenoxy) is 1. The molecule has 0 spiro atoms. The third-order valence-corrected chi connectivity index (χ3v) is 2.48. The van der Waals surface area contributed by atoms with Crippen LogP contribution in [0.25, 0.3) is 0 Å². The monoisotopic (exact) mass is 233 g/mol. The maximum Gasteiger partial charge on any atom is 0.215 e. The summed E-state index contributed by atoms with van der Waals surface area (Å²) in [6, 6.07) is 10.0. The molecular formula is C13H12FNO2. The van der Waals surface area contributed by atoms with Crippen LogP contribution < -0.4 is 4.74 Å². The van der Waals surface area contributed by atoms with Gasteiger partial charge in [0.05, 0.1) is 7.11 Å². The van der Waals surface area contributed by atoms with Crippen molar-refractivity contribution in [2.75, 3.05) is 7.11 Å². The van der Waals surface area contributed by atoms with Crippen LogP contribution >= 0.6 is 0 Å². The van der Waals surface area contributed by atoms with E-state index in [0.29, 0.717) is 5.56 Å². The van der Waals surface area contributed by atoms with Gasteiger partial charge in [0.25, 0.3) is 0 Å². The first kappa shape index (κ1) is 11.5. The first-order valence-electron chi connectivity index (χ1n) is 5.15. The van der Waals surface area contributed by atoms with Gasteiger partial charge in [-0.2, -0.15) is 0 Å². The molecule has 1 aromatic heterocycles. The van der Waals surface area contributed by atoms with Crippen molar-refractivity contribution in [2.24, 2.45) is 0 Å². The minimum absolute atomic E-state index is 0.136. The quantitative estimate of drug-likeness (QED) is 0.884. The van der Waals surface area contributed by atoms with Crippen molar-refractivity contribution in [3.63, 3.8) is 0 Å². The maximum absolute atomic E-state index is 13.7. The molecule has 0 bridgehead atoms. The third-order valence-electron chi connectivity index (χ3n) is 2.48. The van der Waals surface area contributed by atoms with E-state index in [0.717, 1.165) is 6.07 Å². The van der Waals surface area contributed by atoms with Gasteiger partial charge >= 0.3 is 0 Å². The van der Waals surface area contributed by atoms with Crippen LogP contribution in [-0.2, 0) is 0 Å². The normalized spacial score (nSPS) is 12.2. The van der Waals surface area contributed by atoms with Crippen LogP contribution in [0, 0.1) is 5.82 Å². The molecule has 1 heterocycles. The predicted octanol–water partition coefficient (Wildman–Crippen LogP) is 2.31. The average molecular weight is 233 g/mol. The van der Waals surface area contributed by atoms with Crippen LogP contribution in [0.15, 0.2) is 42.6 Å². The number of nitrogens with zero attached hydrogens (tertiary/aromatic N) is 1. The largest absolute Gasteiger partial charge is 0.481 e. The number of hydrogen-bond donors (Lipinski definition) is 1. The van der Waals surface area contributed by atoms with Crippen LogP contribution in [-0.4, -0.2) is 17.2 Å². The highest BCUT2D eigenvalue weighted by Gasteiger charge is 2.15. The lowest BCUT2D eigenvalue weighted by atomic mass is 10.0. The number of pyridine rings is 1. The van der Waals surface area contributed by atoms with Crippen molar-refractivity contribution < 1.29 is 14.2 Å². The van der Waals surface area contributed by atoms with E-state index >= 15 is 0 Å². The lowest BCUT2D eigenvalue weighted by Crippen LogP contribution is -2.04. The summed E-state index contributed by atoms with van der Waals surface area (Å²) in [5.74, 6) is -0.347. The first-order valence-corrected chi connectivity index (χ1v) is 5.15. The van der Waals surface area contributed by atoms with Crippen molar-refractivity contribution in [1.82, 2.24) is 4.98 Å². The fourth-order valence-corrected chi connectivity index (χ4v) is 1.55. The Morgan fingerprint density at radius 1 is 1.29 bits per heavy atom. The SMILES string of the molecule is COc1cc(F)c(C(O)c2ccccc2)cn1. The van der Waals surface area contributed by atoms with Gasteiger partial charge < -0.3 is 9.84 Å². The van der Waals surface area contributed by atoms with Gasteiger partial charge in [0.2, 0.25) is 5.88 Å². The molecule has 0 saturated carbocycles. The Hall–Kier alpha value is -1.94. The van der Waals surface area contributed by atoms with Crippen molar-refractivity contribution in [3.05, 3.63) is 59.5 Å². The van der Waals surface area contributed by atoms with Gasteiger partial charge in [0, 0.05) is 17.8 Å². The summed E-state index contributed by atoms with van der Waals surface area (Å²) >= 11 is 0. The van der Waals surface area contributed by atoms with Gasteiger partial charge in [0.1, 0.15) is 11.9 Å². The van der Waals surface area contributed by atoms with Crippen LogP contribution in [0.2, 0.25) is 0 Å². The number of aliphatic hydroxyl groups excluding tert-OH is 1. The van der Waals surface area contributed by atoms with Gasteiger partial charge in [-0.1, -0.05) is 30.3 Å². The van der Waals surface area contributed by atoms with Crippen molar-refractivity contribution in [3.8, 4) is 5.88 Å². The van der Waals surface area contributed by atoms with E-state index in [1.54, 1.807) is 24.3 Å². The Morgan fingerprint density at radius 3 is 2.59 bits per heavy atom. The molecule has 17 heavy (non-hydrogen) atoms. The van der Waals surface area contributed by atoms with Crippen molar-refractivity contribution >= 4 is 0 Å². The number of aromatic nitrogens is 1. The Labute approximate surface area is 98.5 Å². The van der Waals surface area contributed by atoms with Crippen LogP contribution in [0.4, 0.5) is 4.39 Å². The Balaban J connectivity index is 2.34. The molecule has 1 unspecified atom stereocenters. The van der Waals surface area contributed by atoms with E-state index in [-0.39, 0.29) is 11.4 Å². The van der Waals surface area contributed by atoms with Crippen LogP contribution in [0.5, 0.6) is 5.88 Å². The highest BCUT2D eigenvalue weighted by atomic mass is 19.1. The molecule has 0 amide bonds. The summed E-state index contributed by atoms with van der Waals surface area (Å²) in [5.41, 5.74) is 0.760. The molecule has 0 aliphatic rings. The molecule has 1 N–H and O–H groups in total. The first-order chi connectivity index (χ1) is 8.22. The summed E-state index contributed by atoms with van der Waals surface area (Å²) < 4.78 is 18.5. The van der Waals surface area contributed by atoms with Crippen LogP contribution in [0.3, 0.4) is 0 Å². The number of benzene rings is 1. The van der Waals surface area contributed by atoms with Gasteiger partial charge in [-0.05, 0) is 5.56 Å². The maximum atomic E-state index is 13.7. The second-order valence-electron chi connectivity index (χ2n) is 3.56. The minimum atomic E-state index is -1.02. The molecule has 0 fully saturated rings. The second-order valence-corrected chi connectivity index (χ2v) is 3.56. The zero-order valence-electron chi connectivity index (χ0n) is 9.30. The standard InChI is InChI=1S/C13H12FNO2/c1-17-12-7-11(14)10(8-15-12)13(16)9-5-3-2-4-6-9/h2-8,13,16H,1H3. The summed E-state index contributed by atoms with van der Waals surface area (Å²) in [6.45, 7) is 0. The molecular weight excluding hydrogens is 221 g/mol. The number of aliphatic hydroxyl groups is 1. The highest BCUT2D eigenvalue weighted by molar-refractivity contribution is 5.30. The van der Waals surface area contributed by atoms with E-state index in [1.807, 2.05) is 6.07 Å². The number of rotatable bonds is 3. The fourth-order valence-electron chi connectivity index (χ4n) is 1.55. The minimum Gasteiger partial charge on any atom is -0.481 e. The molecule has 1 aromatic carbocycles. The molecule has 0 radical (unpaired) electrons. The van der Waals surface area contributed by atoms with E-state index in [1.165, 1.54) is 13.3 Å². The van der Waals surface area contributed by atoms with E-state index in [4.69, 9.17) is 4.74 Å². The molecule has 4 heteroatoms. The number of hydrogen-bond acceptors (Lipinski definition) is 3. The molecule has 0 aliphatic carbocycles. The third kappa shape index (κ3) is 2.42. The molecule has 2 aromatic rings. The Kier molecular flexibility index (Phi) is 3.35. The molecule has 88 valence electrons. The summed E-state index contributed by atoms with van der Waals surface area (Å²) in [4.78, 5) is 3.88.